The van der Waals surface area contributed by atoms with Crippen LogP contribution in [-0.2, 0) is 4.79 Å². The number of hydrogen-bond acceptors (Lipinski definition) is 5. The highest BCUT2D eigenvalue weighted by atomic mass is 16.5. The second kappa shape index (κ2) is 6.38. The summed E-state index contributed by atoms with van der Waals surface area (Å²) in [6.07, 6.45) is 6.71. The average molecular weight is 300 g/mol. The van der Waals surface area contributed by atoms with E-state index in [-0.39, 0.29) is 18.4 Å². The molecule has 2 heterocycles. The van der Waals surface area contributed by atoms with Gasteiger partial charge in [-0.25, -0.2) is 0 Å². The van der Waals surface area contributed by atoms with Crippen LogP contribution >= 0.6 is 0 Å². The summed E-state index contributed by atoms with van der Waals surface area (Å²) in [6, 6.07) is 4.85. The zero-order chi connectivity index (χ0) is 15.4. The molecule has 1 aliphatic carbocycles. The molecule has 1 saturated carbocycles. The van der Waals surface area contributed by atoms with Crippen molar-refractivity contribution in [2.45, 2.75) is 12.8 Å². The van der Waals surface area contributed by atoms with E-state index in [1.165, 1.54) is 6.26 Å². The predicted octanol–water partition coefficient (Wildman–Crippen LogP) is 1.56. The van der Waals surface area contributed by atoms with Crippen LogP contribution in [0, 0.1) is 5.92 Å². The number of amides is 2. The van der Waals surface area contributed by atoms with Crippen molar-refractivity contribution in [1.82, 2.24) is 15.0 Å². The fraction of sp³-hybridized carbons (Fsp3) is 0.333. The summed E-state index contributed by atoms with van der Waals surface area (Å²) in [4.78, 5) is 30.1. The van der Waals surface area contributed by atoms with Crippen LogP contribution in [0.1, 0.15) is 23.2 Å². The first-order chi connectivity index (χ1) is 10.7. The van der Waals surface area contributed by atoms with Crippen LogP contribution in [0.15, 0.2) is 41.4 Å². The van der Waals surface area contributed by atoms with Gasteiger partial charge in [-0.3, -0.25) is 14.6 Å². The Morgan fingerprint density at radius 2 is 2.05 bits per heavy atom. The van der Waals surface area contributed by atoms with Crippen molar-refractivity contribution in [1.29, 1.82) is 0 Å². The smallest absolute Gasteiger partial charge is 0.254 e. The minimum atomic E-state index is -0.294. The van der Waals surface area contributed by atoms with Crippen molar-refractivity contribution in [3.63, 3.8) is 0 Å². The highest BCUT2D eigenvalue weighted by molar-refractivity contribution is 5.99. The topological polar surface area (TPSA) is 88.3 Å². The SMILES string of the molecule is O=C(CN(CC1CC1)C(=O)c1ccncc1)Nc1ccon1. The molecule has 0 saturated heterocycles. The molecule has 2 aromatic heterocycles. The van der Waals surface area contributed by atoms with Crippen molar-refractivity contribution < 1.29 is 14.1 Å². The lowest BCUT2D eigenvalue weighted by molar-refractivity contribution is -0.117. The van der Waals surface area contributed by atoms with Crippen molar-refractivity contribution in [3.8, 4) is 0 Å². The molecule has 3 rings (SSSR count). The summed E-state index contributed by atoms with van der Waals surface area (Å²) in [7, 11) is 0. The van der Waals surface area contributed by atoms with Crippen molar-refractivity contribution in [2.75, 3.05) is 18.4 Å². The van der Waals surface area contributed by atoms with E-state index >= 15 is 0 Å². The maximum atomic E-state index is 12.5. The third-order valence-electron chi connectivity index (χ3n) is 3.43. The number of nitrogens with one attached hydrogen (secondary N) is 1. The third kappa shape index (κ3) is 3.69. The fourth-order valence-corrected chi connectivity index (χ4v) is 2.14. The maximum absolute atomic E-state index is 12.5. The Bertz CT molecular complexity index is 638. The minimum Gasteiger partial charge on any atom is -0.363 e. The molecule has 22 heavy (non-hydrogen) atoms. The molecule has 2 aromatic rings. The van der Waals surface area contributed by atoms with Gasteiger partial charge in [-0.15, -0.1) is 0 Å². The van der Waals surface area contributed by atoms with E-state index in [1.807, 2.05) is 0 Å². The van der Waals surface area contributed by atoms with Gasteiger partial charge in [0.25, 0.3) is 5.91 Å². The lowest BCUT2D eigenvalue weighted by Gasteiger charge is -2.21. The summed E-state index contributed by atoms with van der Waals surface area (Å²) in [6.45, 7) is 0.581. The highest BCUT2D eigenvalue weighted by Gasteiger charge is 2.28. The van der Waals surface area contributed by atoms with Gasteiger partial charge in [0, 0.05) is 30.6 Å². The molecule has 0 atom stereocenters. The van der Waals surface area contributed by atoms with E-state index in [2.05, 4.69) is 20.0 Å². The molecule has 2 amide bonds. The minimum absolute atomic E-state index is 0.00941. The van der Waals surface area contributed by atoms with Crippen LogP contribution in [0.4, 0.5) is 5.82 Å². The summed E-state index contributed by atoms with van der Waals surface area (Å²) >= 11 is 0. The molecule has 7 heteroatoms. The number of hydrogen-bond donors (Lipinski definition) is 1. The van der Waals surface area contributed by atoms with Gasteiger partial charge in [-0.05, 0) is 30.9 Å². The standard InChI is InChI=1S/C15H16N4O3/c20-14(17-13-5-8-22-18-13)10-19(9-11-1-2-11)15(21)12-3-6-16-7-4-12/h3-8,11H,1-2,9-10H2,(H,17,18,20). The van der Waals surface area contributed by atoms with Gasteiger partial charge in [0.15, 0.2) is 5.82 Å². The number of pyridine rings is 1. The largest absolute Gasteiger partial charge is 0.363 e. The first-order valence-corrected chi connectivity index (χ1v) is 7.12. The lowest BCUT2D eigenvalue weighted by Crippen LogP contribution is -2.39. The van der Waals surface area contributed by atoms with Crippen LogP contribution in [0.2, 0.25) is 0 Å². The predicted molar refractivity (Wildman–Crippen MR) is 78.0 cm³/mol. The van der Waals surface area contributed by atoms with Crippen molar-refractivity contribution in [3.05, 3.63) is 42.4 Å². The summed E-state index contributed by atoms with van der Waals surface area (Å²) < 4.78 is 4.66. The van der Waals surface area contributed by atoms with E-state index in [4.69, 9.17) is 0 Å². The summed E-state index contributed by atoms with van der Waals surface area (Å²) in [5.74, 6) is 0.375. The molecule has 0 unspecified atom stereocenters. The summed E-state index contributed by atoms with van der Waals surface area (Å²) in [5, 5.41) is 6.22. The molecule has 0 aromatic carbocycles. The van der Waals surface area contributed by atoms with Crippen LogP contribution in [0.3, 0.4) is 0 Å². The van der Waals surface area contributed by atoms with Crippen LogP contribution < -0.4 is 5.32 Å². The molecule has 0 radical (unpaired) electrons. The van der Waals surface area contributed by atoms with Gasteiger partial charge in [-0.1, -0.05) is 5.16 Å². The molecular weight excluding hydrogens is 284 g/mol. The van der Waals surface area contributed by atoms with Gasteiger partial charge in [0.05, 0.1) is 0 Å². The van der Waals surface area contributed by atoms with Crippen molar-refractivity contribution >= 4 is 17.6 Å². The summed E-state index contributed by atoms with van der Waals surface area (Å²) in [5.41, 5.74) is 0.532. The molecule has 0 spiro atoms. The van der Waals surface area contributed by atoms with E-state index in [1.54, 1.807) is 35.5 Å². The Hall–Kier alpha value is -2.70. The normalized spacial score (nSPS) is 13.6. The average Bonchev–Trinajstić information content (AvgIpc) is 3.21. The van der Waals surface area contributed by atoms with Gasteiger partial charge < -0.3 is 14.7 Å². The Balaban J connectivity index is 1.66. The Kier molecular flexibility index (Phi) is 4.13. The second-order valence-electron chi connectivity index (χ2n) is 5.30. The third-order valence-corrected chi connectivity index (χ3v) is 3.43. The van der Waals surface area contributed by atoms with E-state index < -0.39 is 0 Å². The molecule has 0 aliphatic heterocycles. The van der Waals surface area contributed by atoms with E-state index in [0.29, 0.717) is 23.8 Å². The Morgan fingerprint density at radius 1 is 1.27 bits per heavy atom. The number of rotatable bonds is 6. The molecule has 1 aliphatic rings. The Morgan fingerprint density at radius 3 is 2.68 bits per heavy atom. The molecular formula is C15H16N4O3. The lowest BCUT2D eigenvalue weighted by atomic mass is 10.2. The van der Waals surface area contributed by atoms with Gasteiger partial charge >= 0.3 is 0 Å². The second-order valence-corrected chi connectivity index (χ2v) is 5.30. The molecule has 7 nitrogen and oxygen atoms in total. The van der Waals surface area contributed by atoms with Crippen LogP contribution in [-0.4, -0.2) is 39.9 Å². The fourth-order valence-electron chi connectivity index (χ4n) is 2.14. The maximum Gasteiger partial charge on any atom is 0.254 e. The number of carbonyl (C=O) groups is 2. The van der Waals surface area contributed by atoms with Gasteiger partial charge in [-0.2, -0.15) is 0 Å². The van der Waals surface area contributed by atoms with Gasteiger partial charge in [0.1, 0.15) is 12.8 Å². The van der Waals surface area contributed by atoms with Crippen LogP contribution in [0.25, 0.3) is 0 Å². The number of carbonyl (C=O) groups excluding carboxylic acids is 2. The quantitative estimate of drug-likeness (QED) is 0.874. The number of anilines is 1. The first kappa shape index (κ1) is 14.2. The zero-order valence-corrected chi connectivity index (χ0v) is 11.9. The van der Waals surface area contributed by atoms with Gasteiger partial charge in [0.2, 0.25) is 5.91 Å². The Labute approximate surface area is 127 Å². The molecule has 114 valence electrons. The highest BCUT2D eigenvalue weighted by Crippen LogP contribution is 2.30. The van der Waals surface area contributed by atoms with Crippen LogP contribution in [0.5, 0.6) is 0 Å². The monoisotopic (exact) mass is 300 g/mol. The first-order valence-electron chi connectivity index (χ1n) is 7.12. The van der Waals surface area contributed by atoms with E-state index in [0.717, 1.165) is 12.8 Å². The molecule has 0 bridgehead atoms. The zero-order valence-electron chi connectivity index (χ0n) is 11.9. The number of aromatic nitrogens is 2. The van der Waals surface area contributed by atoms with E-state index in [9.17, 15) is 9.59 Å². The molecule has 1 N–H and O–H groups in total. The van der Waals surface area contributed by atoms with Crippen molar-refractivity contribution in [2.24, 2.45) is 5.92 Å². The number of nitrogens with zero attached hydrogens (tertiary/aromatic N) is 3. The molecule has 1 fully saturated rings.